The maximum atomic E-state index is 12.3. The smallest absolute Gasteiger partial charge is 0.329 e. The zero-order valence-corrected chi connectivity index (χ0v) is 16.2. The van der Waals surface area contributed by atoms with Crippen LogP contribution in [-0.4, -0.2) is 71.8 Å². The first-order valence-corrected chi connectivity index (χ1v) is 9.46. The molecule has 0 saturated heterocycles. The SMILES string of the molecule is O=C(O)COCCNc1ccc(NC[C@@H](O)CN2C(=O)c3ccccc3C2=O)cc1. The van der Waals surface area contributed by atoms with E-state index in [0.29, 0.717) is 17.7 Å². The number of hydrogen-bond donors (Lipinski definition) is 4. The molecule has 30 heavy (non-hydrogen) atoms. The molecule has 1 atom stereocenters. The number of benzene rings is 2. The maximum absolute atomic E-state index is 12.3. The summed E-state index contributed by atoms with van der Waals surface area (Å²) in [6, 6.07) is 13.9. The average molecular weight is 413 g/mol. The Kier molecular flexibility index (Phi) is 6.99. The van der Waals surface area contributed by atoms with E-state index in [1.807, 2.05) is 24.3 Å². The molecule has 3 rings (SSSR count). The third-order valence-electron chi connectivity index (χ3n) is 4.50. The van der Waals surface area contributed by atoms with E-state index in [9.17, 15) is 19.5 Å². The fourth-order valence-electron chi connectivity index (χ4n) is 3.05. The van der Waals surface area contributed by atoms with Crippen molar-refractivity contribution in [2.45, 2.75) is 6.10 Å². The molecule has 0 aromatic heterocycles. The molecule has 0 aliphatic carbocycles. The predicted octanol–water partition coefficient (Wildman–Crippen LogP) is 1.27. The number of carboxylic acids is 1. The van der Waals surface area contributed by atoms with Crippen molar-refractivity contribution in [3.63, 3.8) is 0 Å². The Labute approximate surface area is 173 Å². The summed E-state index contributed by atoms with van der Waals surface area (Å²) >= 11 is 0. The van der Waals surface area contributed by atoms with Gasteiger partial charge < -0.3 is 25.6 Å². The van der Waals surface area contributed by atoms with Crippen LogP contribution in [0.1, 0.15) is 20.7 Å². The van der Waals surface area contributed by atoms with Gasteiger partial charge in [-0.1, -0.05) is 12.1 Å². The number of rotatable bonds is 11. The number of aliphatic hydroxyl groups excluding tert-OH is 1. The molecule has 1 heterocycles. The van der Waals surface area contributed by atoms with Gasteiger partial charge in [0.15, 0.2) is 0 Å². The number of carbonyl (C=O) groups is 3. The molecular formula is C21H23N3O6. The van der Waals surface area contributed by atoms with E-state index in [1.165, 1.54) is 0 Å². The van der Waals surface area contributed by atoms with Crippen LogP contribution in [0.5, 0.6) is 0 Å². The molecule has 2 aromatic rings. The Morgan fingerprint density at radius 2 is 1.53 bits per heavy atom. The van der Waals surface area contributed by atoms with Crippen LogP contribution < -0.4 is 10.6 Å². The highest BCUT2D eigenvalue weighted by molar-refractivity contribution is 6.21. The van der Waals surface area contributed by atoms with Crippen molar-refractivity contribution in [3.05, 3.63) is 59.7 Å². The Morgan fingerprint density at radius 3 is 2.10 bits per heavy atom. The topological polar surface area (TPSA) is 128 Å². The normalized spacial score (nSPS) is 13.8. The number of anilines is 2. The van der Waals surface area contributed by atoms with Gasteiger partial charge in [0.2, 0.25) is 0 Å². The van der Waals surface area contributed by atoms with E-state index in [4.69, 9.17) is 9.84 Å². The number of carboxylic acid groups (broad SMARTS) is 1. The first kappa shape index (κ1) is 21.3. The molecular weight excluding hydrogens is 390 g/mol. The molecule has 4 N–H and O–H groups in total. The van der Waals surface area contributed by atoms with E-state index in [1.54, 1.807) is 24.3 Å². The third-order valence-corrected chi connectivity index (χ3v) is 4.50. The van der Waals surface area contributed by atoms with Crippen LogP contribution >= 0.6 is 0 Å². The molecule has 1 aliphatic heterocycles. The Morgan fingerprint density at radius 1 is 0.967 bits per heavy atom. The van der Waals surface area contributed by atoms with Crippen LogP contribution in [-0.2, 0) is 9.53 Å². The summed E-state index contributed by atoms with van der Waals surface area (Å²) in [5.41, 5.74) is 2.33. The number of aliphatic hydroxyl groups is 1. The van der Waals surface area contributed by atoms with E-state index in [-0.39, 0.29) is 26.3 Å². The second-order valence-electron chi connectivity index (χ2n) is 6.75. The third kappa shape index (κ3) is 5.34. The summed E-state index contributed by atoms with van der Waals surface area (Å²) in [5, 5.41) is 24.9. The number of ether oxygens (including phenoxy) is 1. The lowest BCUT2D eigenvalue weighted by Gasteiger charge is -2.19. The number of aliphatic carboxylic acids is 1. The molecule has 1 aliphatic rings. The second-order valence-corrected chi connectivity index (χ2v) is 6.75. The van der Waals surface area contributed by atoms with E-state index in [2.05, 4.69) is 10.6 Å². The molecule has 0 radical (unpaired) electrons. The number of hydrogen-bond acceptors (Lipinski definition) is 7. The van der Waals surface area contributed by atoms with Gasteiger partial charge in [-0.2, -0.15) is 0 Å². The van der Waals surface area contributed by atoms with Gasteiger partial charge in [0.25, 0.3) is 11.8 Å². The van der Waals surface area contributed by atoms with Crippen molar-refractivity contribution in [3.8, 4) is 0 Å². The summed E-state index contributed by atoms with van der Waals surface area (Å²) in [7, 11) is 0. The van der Waals surface area contributed by atoms with Crippen LogP contribution in [0.4, 0.5) is 11.4 Å². The molecule has 9 heteroatoms. The highest BCUT2D eigenvalue weighted by Gasteiger charge is 2.35. The summed E-state index contributed by atoms with van der Waals surface area (Å²) in [6.07, 6.45) is -0.920. The lowest BCUT2D eigenvalue weighted by molar-refractivity contribution is -0.142. The summed E-state index contributed by atoms with van der Waals surface area (Å²) in [5.74, 6) is -1.79. The minimum atomic E-state index is -1.00. The monoisotopic (exact) mass is 413 g/mol. The highest BCUT2D eigenvalue weighted by Crippen LogP contribution is 2.22. The van der Waals surface area contributed by atoms with Crippen molar-refractivity contribution in [1.29, 1.82) is 0 Å². The van der Waals surface area contributed by atoms with Gasteiger partial charge in [-0.3, -0.25) is 14.5 Å². The summed E-state index contributed by atoms with van der Waals surface area (Å²) in [6.45, 7) is 0.501. The van der Waals surface area contributed by atoms with Crippen molar-refractivity contribution in [1.82, 2.24) is 4.90 Å². The van der Waals surface area contributed by atoms with E-state index < -0.39 is 23.9 Å². The quantitative estimate of drug-likeness (QED) is 0.320. The highest BCUT2D eigenvalue weighted by atomic mass is 16.5. The van der Waals surface area contributed by atoms with Crippen molar-refractivity contribution < 1.29 is 29.3 Å². The fourth-order valence-corrected chi connectivity index (χ4v) is 3.05. The van der Waals surface area contributed by atoms with Gasteiger partial charge >= 0.3 is 5.97 Å². The molecule has 158 valence electrons. The zero-order valence-electron chi connectivity index (χ0n) is 16.2. The summed E-state index contributed by atoms with van der Waals surface area (Å²) < 4.78 is 4.94. The maximum Gasteiger partial charge on any atom is 0.329 e. The summed E-state index contributed by atoms with van der Waals surface area (Å²) in [4.78, 5) is 36.1. The van der Waals surface area contributed by atoms with Gasteiger partial charge in [-0.05, 0) is 36.4 Å². The lowest BCUT2D eigenvalue weighted by atomic mass is 10.1. The van der Waals surface area contributed by atoms with Crippen LogP contribution in [0.3, 0.4) is 0 Å². The van der Waals surface area contributed by atoms with Crippen molar-refractivity contribution >= 4 is 29.2 Å². The Hall–Kier alpha value is -3.43. The molecule has 0 bridgehead atoms. The first-order chi connectivity index (χ1) is 14.5. The standard InChI is InChI=1S/C21H23N3O6/c25-16(12-24-20(28)17-3-1-2-4-18(17)21(24)29)11-23-15-7-5-14(6-8-15)22-9-10-30-13-19(26)27/h1-8,16,22-23,25H,9-13H2,(H,26,27)/t16-/m1/s1. The van der Waals surface area contributed by atoms with E-state index in [0.717, 1.165) is 16.3 Å². The largest absolute Gasteiger partial charge is 0.480 e. The fraction of sp³-hybridized carbons (Fsp3) is 0.286. The molecule has 0 saturated carbocycles. The number of amides is 2. The molecule has 2 aromatic carbocycles. The number of fused-ring (bicyclic) bond motifs is 1. The van der Waals surface area contributed by atoms with Crippen molar-refractivity contribution in [2.24, 2.45) is 0 Å². The Bertz CT molecular complexity index is 880. The average Bonchev–Trinajstić information content (AvgIpc) is 2.98. The number of imide groups is 1. The van der Waals surface area contributed by atoms with Gasteiger partial charge in [0.1, 0.15) is 6.61 Å². The molecule has 9 nitrogen and oxygen atoms in total. The van der Waals surface area contributed by atoms with Crippen LogP contribution in [0.2, 0.25) is 0 Å². The van der Waals surface area contributed by atoms with Gasteiger partial charge in [0, 0.05) is 24.5 Å². The van der Waals surface area contributed by atoms with Crippen LogP contribution in [0, 0.1) is 0 Å². The first-order valence-electron chi connectivity index (χ1n) is 9.46. The molecule has 0 unspecified atom stereocenters. The zero-order chi connectivity index (χ0) is 21.5. The van der Waals surface area contributed by atoms with Gasteiger partial charge in [-0.25, -0.2) is 4.79 Å². The molecule has 0 spiro atoms. The molecule has 2 amide bonds. The number of nitrogens with one attached hydrogen (secondary N) is 2. The number of nitrogens with zero attached hydrogens (tertiary/aromatic N) is 1. The van der Waals surface area contributed by atoms with E-state index >= 15 is 0 Å². The molecule has 0 fully saturated rings. The van der Waals surface area contributed by atoms with Crippen molar-refractivity contribution in [2.75, 3.05) is 43.5 Å². The lowest BCUT2D eigenvalue weighted by Crippen LogP contribution is -2.39. The number of β-amino-alcohol motifs (C(OH)–C–C–N with tert-alkyl or cyclic N) is 1. The van der Waals surface area contributed by atoms with Crippen LogP contribution in [0.15, 0.2) is 48.5 Å². The minimum Gasteiger partial charge on any atom is -0.480 e. The minimum absolute atomic E-state index is 0.0880. The number of carbonyl (C=O) groups excluding carboxylic acids is 2. The van der Waals surface area contributed by atoms with Gasteiger partial charge in [-0.15, -0.1) is 0 Å². The van der Waals surface area contributed by atoms with Crippen LogP contribution in [0.25, 0.3) is 0 Å². The Balaban J connectivity index is 1.42. The predicted molar refractivity (Wildman–Crippen MR) is 110 cm³/mol. The van der Waals surface area contributed by atoms with Gasteiger partial charge in [0.05, 0.1) is 30.4 Å². The second kappa shape index (κ2) is 9.86.